The Balaban J connectivity index is 0.000000177. The van der Waals surface area contributed by atoms with E-state index in [0.717, 1.165) is 24.2 Å². The largest absolute Gasteiger partial charge is 0.356 e. The molecule has 0 aliphatic heterocycles. The number of hydrogen-bond donors (Lipinski definition) is 1. The molecule has 0 radical (unpaired) electrons. The van der Waals surface area contributed by atoms with Crippen LogP contribution in [0.15, 0.2) is 78.9 Å². The molecule has 1 nitrogen and oxygen atoms in total. The van der Waals surface area contributed by atoms with Gasteiger partial charge in [0.05, 0.1) is 0 Å². The molecular weight excluding hydrogens is 290 g/mol. The Morgan fingerprint density at radius 1 is 0.625 bits per heavy atom. The zero-order chi connectivity index (χ0) is 17.2. The maximum atomic E-state index is 3.30. The van der Waals surface area contributed by atoms with Crippen LogP contribution in [0, 0.1) is 6.92 Å². The van der Waals surface area contributed by atoms with Crippen LogP contribution >= 0.6 is 0 Å². The van der Waals surface area contributed by atoms with Gasteiger partial charge < -0.3 is 5.32 Å². The first-order valence-corrected chi connectivity index (χ1v) is 8.69. The first-order valence-electron chi connectivity index (χ1n) is 8.69. The average Bonchev–Trinajstić information content (AvgIpc) is 2.64. The van der Waals surface area contributed by atoms with Crippen molar-refractivity contribution in [2.75, 3.05) is 5.32 Å². The van der Waals surface area contributed by atoms with E-state index < -0.39 is 0 Å². The van der Waals surface area contributed by atoms with Crippen molar-refractivity contribution in [3.05, 3.63) is 95.6 Å². The molecule has 0 aliphatic carbocycles. The Kier molecular flexibility index (Phi) is 7.10. The highest BCUT2D eigenvalue weighted by atomic mass is 14.9. The Morgan fingerprint density at radius 2 is 1.17 bits per heavy atom. The molecule has 1 heteroatoms. The highest BCUT2D eigenvalue weighted by molar-refractivity contribution is 5.58. The summed E-state index contributed by atoms with van der Waals surface area (Å²) >= 11 is 0. The molecule has 3 aromatic carbocycles. The molecule has 0 unspecified atom stereocenters. The fraction of sp³-hybridized carbons (Fsp3) is 0.217. The molecule has 0 heterocycles. The van der Waals surface area contributed by atoms with Crippen molar-refractivity contribution in [3.8, 4) is 0 Å². The summed E-state index contributed by atoms with van der Waals surface area (Å²) in [5.41, 5.74) is 6.72. The molecule has 0 saturated carbocycles. The van der Waals surface area contributed by atoms with Gasteiger partial charge in [0.2, 0.25) is 0 Å². The third kappa shape index (κ3) is 5.27. The number of rotatable bonds is 4. The molecule has 0 bridgehead atoms. The molecule has 3 rings (SSSR count). The van der Waals surface area contributed by atoms with Crippen LogP contribution in [0.25, 0.3) is 0 Å². The van der Waals surface area contributed by atoms with Crippen molar-refractivity contribution in [1.82, 2.24) is 0 Å². The lowest BCUT2D eigenvalue weighted by Gasteiger charge is -2.07. The Hall–Kier alpha value is -2.54. The first kappa shape index (κ1) is 17.8. The molecule has 0 atom stereocenters. The third-order valence-electron chi connectivity index (χ3n) is 4.08. The predicted octanol–water partition coefficient (Wildman–Crippen LogP) is 6.55. The molecule has 0 amide bonds. The molecule has 24 heavy (non-hydrogen) atoms. The number of anilines is 2. The molecule has 124 valence electrons. The van der Waals surface area contributed by atoms with Crippen LogP contribution in [0.2, 0.25) is 0 Å². The Bertz CT molecular complexity index is 680. The van der Waals surface area contributed by atoms with Crippen molar-refractivity contribution in [1.29, 1.82) is 0 Å². The van der Waals surface area contributed by atoms with Crippen LogP contribution in [0.3, 0.4) is 0 Å². The van der Waals surface area contributed by atoms with E-state index in [1.165, 1.54) is 16.7 Å². The van der Waals surface area contributed by atoms with Crippen LogP contribution in [0.1, 0.15) is 30.5 Å². The highest BCUT2D eigenvalue weighted by Gasteiger charge is 1.99. The van der Waals surface area contributed by atoms with Crippen LogP contribution in [0.4, 0.5) is 11.4 Å². The van der Waals surface area contributed by atoms with Gasteiger partial charge in [-0.25, -0.2) is 0 Å². The normalized spacial score (nSPS) is 9.79. The van der Waals surface area contributed by atoms with Gasteiger partial charge in [-0.3, -0.25) is 0 Å². The van der Waals surface area contributed by atoms with Gasteiger partial charge >= 0.3 is 0 Å². The smallest absolute Gasteiger partial charge is 0.0384 e. The maximum absolute atomic E-state index is 3.30. The molecule has 0 aromatic heterocycles. The SMILES string of the molecule is CCc1cccc(C)c1CC.c1ccc(Nc2ccccc2)cc1. The van der Waals surface area contributed by atoms with E-state index in [1.54, 1.807) is 0 Å². The Morgan fingerprint density at radius 3 is 1.58 bits per heavy atom. The maximum Gasteiger partial charge on any atom is 0.0384 e. The number of aryl methyl sites for hydroxylation is 2. The number of benzene rings is 3. The summed E-state index contributed by atoms with van der Waals surface area (Å²) < 4.78 is 0. The number of para-hydroxylation sites is 2. The van der Waals surface area contributed by atoms with Crippen molar-refractivity contribution in [3.63, 3.8) is 0 Å². The van der Waals surface area contributed by atoms with Crippen LogP contribution < -0.4 is 5.32 Å². The van der Waals surface area contributed by atoms with Gasteiger partial charge in [0.1, 0.15) is 0 Å². The van der Waals surface area contributed by atoms with E-state index in [2.05, 4.69) is 44.3 Å². The number of hydrogen-bond acceptors (Lipinski definition) is 1. The van der Waals surface area contributed by atoms with Crippen LogP contribution in [0.5, 0.6) is 0 Å². The molecule has 0 spiro atoms. The fourth-order valence-corrected chi connectivity index (χ4v) is 2.81. The van der Waals surface area contributed by atoms with E-state index in [1.807, 2.05) is 60.7 Å². The van der Waals surface area contributed by atoms with E-state index in [-0.39, 0.29) is 0 Å². The lowest BCUT2D eigenvalue weighted by molar-refractivity contribution is 1.02. The molecule has 0 fully saturated rings. The molecule has 3 aromatic rings. The van der Waals surface area contributed by atoms with Crippen molar-refractivity contribution in [2.45, 2.75) is 33.6 Å². The van der Waals surface area contributed by atoms with Gasteiger partial charge in [-0.1, -0.05) is 68.4 Å². The average molecular weight is 317 g/mol. The zero-order valence-electron chi connectivity index (χ0n) is 14.9. The lowest BCUT2D eigenvalue weighted by atomic mass is 9.98. The highest BCUT2D eigenvalue weighted by Crippen LogP contribution is 2.15. The molecular formula is C23H27N. The van der Waals surface area contributed by atoms with Gasteiger partial charge in [0, 0.05) is 11.4 Å². The summed E-state index contributed by atoms with van der Waals surface area (Å²) in [5, 5.41) is 3.30. The molecule has 1 N–H and O–H groups in total. The molecule has 0 saturated heterocycles. The third-order valence-corrected chi connectivity index (χ3v) is 4.08. The fourth-order valence-electron chi connectivity index (χ4n) is 2.81. The van der Waals surface area contributed by atoms with Crippen molar-refractivity contribution in [2.24, 2.45) is 0 Å². The van der Waals surface area contributed by atoms with E-state index in [4.69, 9.17) is 0 Å². The van der Waals surface area contributed by atoms with Crippen LogP contribution in [-0.2, 0) is 12.8 Å². The summed E-state index contributed by atoms with van der Waals surface area (Å²) in [4.78, 5) is 0. The summed E-state index contributed by atoms with van der Waals surface area (Å²) in [5.74, 6) is 0. The first-order chi connectivity index (χ1) is 11.7. The predicted molar refractivity (Wildman–Crippen MR) is 106 cm³/mol. The van der Waals surface area contributed by atoms with Gasteiger partial charge in [-0.15, -0.1) is 0 Å². The van der Waals surface area contributed by atoms with Crippen molar-refractivity contribution >= 4 is 11.4 Å². The minimum atomic E-state index is 1.12. The van der Waals surface area contributed by atoms with Crippen molar-refractivity contribution < 1.29 is 0 Å². The monoisotopic (exact) mass is 317 g/mol. The second-order valence-electron chi connectivity index (χ2n) is 5.78. The summed E-state index contributed by atoms with van der Waals surface area (Å²) in [6.45, 7) is 6.63. The van der Waals surface area contributed by atoms with E-state index in [0.29, 0.717) is 0 Å². The second-order valence-corrected chi connectivity index (χ2v) is 5.78. The van der Waals surface area contributed by atoms with Gasteiger partial charge in [0.25, 0.3) is 0 Å². The quantitative estimate of drug-likeness (QED) is 0.575. The minimum Gasteiger partial charge on any atom is -0.356 e. The van der Waals surface area contributed by atoms with E-state index >= 15 is 0 Å². The summed E-state index contributed by atoms with van der Waals surface area (Å²) in [7, 11) is 0. The Labute approximate surface area is 146 Å². The summed E-state index contributed by atoms with van der Waals surface area (Å²) in [6, 6.07) is 26.9. The zero-order valence-corrected chi connectivity index (χ0v) is 14.9. The van der Waals surface area contributed by atoms with E-state index in [9.17, 15) is 0 Å². The summed E-state index contributed by atoms with van der Waals surface area (Å²) in [6.07, 6.45) is 2.32. The lowest BCUT2D eigenvalue weighted by Crippen LogP contribution is -1.93. The van der Waals surface area contributed by atoms with Gasteiger partial charge in [-0.05, 0) is 60.7 Å². The minimum absolute atomic E-state index is 1.12. The topological polar surface area (TPSA) is 12.0 Å². The van der Waals surface area contributed by atoms with Gasteiger partial charge in [0.15, 0.2) is 0 Å². The van der Waals surface area contributed by atoms with Gasteiger partial charge in [-0.2, -0.15) is 0 Å². The molecule has 0 aliphatic rings. The second kappa shape index (κ2) is 9.57. The van der Waals surface area contributed by atoms with Crippen LogP contribution in [-0.4, -0.2) is 0 Å². The number of nitrogens with one attached hydrogen (secondary N) is 1. The standard InChI is InChI=1S/C12H11N.C11H16/c1-3-7-11(8-4-1)13-12-9-5-2-6-10-12;1-4-10-8-6-7-9(3)11(10)5-2/h1-10,13H;6-8H,4-5H2,1-3H3.